The van der Waals surface area contributed by atoms with Gasteiger partial charge < -0.3 is 0 Å². The SMILES string of the molecule is C#CCCn1cnc2ccsc2c1=O. The molecule has 0 amide bonds. The quantitative estimate of drug-likeness (QED) is 0.694. The van der Waals surface area contributed by atoms with Crippen molar-refractivity contribution in [2.24, 2.45) is 0 Å². The van der Waals surface area contributed by atoms with Gasteiger partial charge in [0, 0.05) is 13.0 Å². The van der Waals surface area contributed by atoms with E-state index in [1.54, 1.807) is 10.9 Å². The number of rotatable bonds is 2. The smallest absolute Gasteiger partial charge is 0.271 e. The Morgan fingerprint density at radius 1 is 1.64 bits per heavy atom. The number of hydrogen-bond acceptors (Lipinski definition) is 3. The standard InChI is InChI=1S/C10H8N2OS/c1-2-3-5-12-7-11-8-4-6-14-9(8)10(12)13/h1,4,6-7H,3,5H2. The van der Waals surface area contributed by atoms with E-state index in [-0.39, 0.29) is 5.56 Å². The Morgan fingerprint density at radius 3 is 3.29 bits per heavy atom. The maximum absolute atomic E-state index is 11.8. The lowest BCUT2D eigenvalue weighted by Gasteiger charge is -2.00. The van der Waals surface area contributed by atoms with Crippen LogP contribution in [-0.4, -0.2) is 9.55 Å². The van der Waals surface area contributed by atoms with Crippen molar-refractivity contribution < 1.29 is 0 Å². The van der Waals surface area contributed by atoms with Crippen molar-refractivity contribution in [2.45, 2.75) is 13.0 Å². The molecule has 2 heterocycles. The fraction of sp³-hybridized carbons (Fsp3) is 0.200. The molecule has 0 aromatic carbocycles. The summed E-state index contributed by atoms with van der Waals surface area (Å²) in [5.41, 5.74) is 0.761. The molecule has 3 nitrogen and oxygen atoms in total. The zero-order valence-corrected chi connectivity index (χ0v) is 8.25. The number of terminal acetylenes is 1. The highest BCUT2D eigenvalue weighted by Gasteiger charge is 2.03. The molecular formula is C10H8N2OS. The Kier molecular flexibility index (Phi) is 2.33. The highest BCUT2D eigenvalue weighted by molar-refractivity contribution is 7.17. The van der Waals surface area contributed by atoms with Crippen LogP contribution in [0.25, 0.3) is 10.2 Å². The molecule has 2 rings (SSSR count). The minimum absolute atomic E-state index is 0.000231. The highest BCUT2D eigenvalue weighted by Crippen LogP contribution is 2.12. The summed E-state index contributed by atoms with van der Waals surface area (Å²) in [6, 6.07) is 1.84. The Morgan fingerprint density at radius 2 is 2.50 bits per heavy atom. The zero-order valence-electron chi connectivity index (χ0n) is 7.43. The lowest BCUT2D eigenvalue weighted by Crippen LogP contribution is -2.19. The third kappa shape index (κ3) is 1.42. The topological polar surface area (TPSA) is 34.9 Å². The Hall–Kier alpha value is -1.60. The van der Waals surface area contributed by atoms with Gasteiger partial charge in [0.1, 0.15) is 4.70 Å². The third-order valence-corrected chi connectivity index (χ3v) is 2.82. The number of fused-ring (bicyclic) bond motifs is 1. The van der Waals surface area contributed by atoms with Crippen molar-refractivity contribution in [1.82, 2.24) is 9.55 Å². The largest absolute Gasteiger partial charge is 0.297 e. The van der Waals surface area contributed by atoms with Gasteiger partial charge >= 0.3 is 0 Å². The number of thiophene rings is 1. The van der Waals surface area contributed by atoms with Crippen molar-refractivity contribution in [1.29, 1.82) is 0 Å². The molecule has 0 N–H and O–H groups in total. The predicted octanol–water partition coefficient (Wildman–Crippen LogP) is 1.48. The monoisotopic (exact) mass is 204 g/mol. The van der Waals surface area contributed by atoms with E-state index in [0.29, 0.717) is 17.7 Å². The number of aryl methyl sites for hydroxylation is 1. The van der Waals surface area contributed by atoms with Crippen LogP contribution in [0.15, 0.2) is 22.6 Å². The molecule has 2 aromatic heterocycles. The molecule has 0 saturated carbocycles. The molecular weight excluding hydrogens is 196 g/mol. The van der Waals surface area contributed by atoms with E-state index in [1.807, 2.05) is 11.4 Å². The normalized spacial score (nSPS) is 10.2. The summed E-state index contributed by atoms with van der Waals surface area (Å²) in [4.78, 5) is 15.9. The van der Waals surface area contributed by atoms with E-state index in [2.05, 4.69) is 10.9 Å². The van der Waals surface area contributed by atoms with Crippen LogP contribution < -0.4 is 5.56 Å². The average Bonchev–Trinajstić information content (AvgIpc) is 2.66. The van der Waals surface area contributed by atoms with E-state index in [1.165, 1.54) is 11.3 Å². The first-order valence-corrected chi connectivity index (χ1v) is 5.07. The maximum Gasteiger partial charge on any atom is 0.271 e. The van der Waals surface area contributed by atoms with Crippen LogP contribution in [0.4, 0.5) is 0 Å². The van der Waals surface area contributed by atoms with Crippen LogP contribution in [0.2, 0.25) is 0 Å². The molecule has 70 valence electrons. The average molecular weight is 204 g/mol. The number of hydrogen-bond donors (Lipinski definition) is 0. The molecule has 2 aromatic rings. The zero-order chi connectivity index (χ0) is 9.97. The summed E-state index contributed by atoms with van der Waals surface area (Å²) >= 11 is 1.41. The summed E-state index contributed by atoms with van der Waals surface area (Å²) in [6.45, 7) is 0.538. The van der Waals surface area contributed by atoms with E-state index in [9.17, 15) is 4.79 Å². The van der Waals surface area contributed by atoms with Gasteiger partial charge in [-0.3, -0.25) is 9.36 Å². The molecule has 0 aliphatic carbocycles. The van der Waals surface area contributed by atoms with Crippen molar-refractivity contribution in [3.8, 4) is 12.3 Å². The Bertz CT molecular complexity index is 547. The van der Waals surface area contributed by atoms with E-state index in [0.717, 1.165) is 5.52 Å². The van der Waals surface area contributed by atoms with Crippen molar-refractivity contribution in [3.63, 3.8) is 0 Å². The fourth-order valence-corrected chi connectivity index (χ4v) is 2.02. The van der Waals surface area contributed by atoms with Crippen LogP contribution in [0.3, 0.4) is 0 Å². The van der Waals surface area contributed by atoms with Gasteiger partial charge in [-0.2, -0.15) is 0 Å². The highest BCUT2D eigenvalue weighted by atomic mass is 32.1. The van der Waals surface area contributed by atoms with E-state index >= 15 is 0 Å². The predicted molar refractivity (Wildman–Crippen MR) is 57.3 cm³/mol. The van der Waals surface area contributed by atoms with Crippen molar-refractivity contribution in [2.75, 3.05) is 0 Å². The molecule has 0 radical (unpaired) electrons. The van der Waals surface area contributed by atoms with E-state index < -0.39 is 0 Å². The second-order valence-corrected chi connectivity index (χ2v) is 3.75. The minimum atomic E-state index is 0.000231. The summed E-state index contributed by atoms with van der Waals surface area (Å²) in [7, 11) is 0. The maximum atomic E-state index is 11.8. The molecule has 0 saturated heterocycles. The molecule has 0 aliphatic heterocycles. The van der Waals surface area contributed by atoms with Crippen LogP contribution in [0, 0.1) is 12.3 Å². The Labute approximate surface area is 85.0 Å². The van der Waals surface area contributed by atoms with Crippen molar-refractivity contribution in [3.05, 3.63) is 28.1 Å². The lowest BCUT2D eigenvalue weighted by atomic mass is 10.4. The van der Waals surface area contributed by atoms with Gasteiger partial charge in [0.15, 0.2) is 0 Å². The molecule has 0 unspecified atom stereocenters. The molecule has 0 spiro atoms. The summed E-state index contributed by atoms with van der Waals surface area (Å²) in [6.07, 6.45) is 7.24. The molecule has 0 fully saturated rings. The van der Waals surface area contributed by atoms with Crippen LogP contribution in [0.1, 0.15) is 6.42 Å². The number of aromatic nitrogens is 2. The van der Waals surface area contributed by atoms with Crippen LogP contribution in [-0.2, 0) is 6.54 Å². The third-order valence-electron chi connectivity index (χ3n) is 1.93. The molecule has 0 aliphatic rings. The minimum Gasteiger partial charge on any atom is -0.297 e. The first-order valence-electron chi connectivity index (χ1n) is 4.19. The number of nitrogens with zero attached hydrogens (tertiary/aromatic N) is 2. The van der Waals surface area contributed by atoms with Crippen LogP contribution >= 0.6 is 11.3 Å². The lowest BCUT2D eigenvalue weighted by molar-refractivity contribution is 0.683. The van der Waals surface area contributed by atoms with Gasteiger partial charge in [0.05, 0.1) is 11.8 Å². The van der Waals surface area contributed by atoms with Crippen LogP contribution in [0.5, 0.6) is 0 Å². The van der Waals surface area contributed by atoms with Gasteiger partial charge in [-0.25, -0.2) is 4.98 Å². The first-order chi connectivity index (χ1) is 6.83. The summed E-state index contributed by atoms with van der Waals surface area (Å²) < 4.78 is 2.25. The van der Waals surface area contributed by atoms with Gasteiger partial charge in [-0.05, 0) is 11.4 Å². The van der Waals surface area contributed by atoms with Gasteiger partial charge in [-0.1, -0.05) is 0 Å². The summed E-state index contributed by atoms with van der Waals surface area (Å²) in [5.74, 6) is 2.50. The molecule has 0 atom stereocenters. The van der Waals surface area contributed by atoms with E-state index in [4.69, 9.17) is 6.42 Å². The summed E-state index contributed by atoms with van der Waals surface area (Å²) in [5, 5.41) is 1.87. The molecule has 4 heteroatoms. The molecule has 14 heavy (non-hydrogen) atoms. The van der Waals surface area contributed by atoms with Crippen molar-refractivity contribution >= 4 is 21.6 Å². The molecule has 0 bridgehead atoms. The van der Waals surface area contributed by atoms with Gasteiger partial charge in [0.2, 0.25) is 0 Å². The Balaban J connectivity index is 2.52. The first kappa shape index (κ1) is 8.97. The fourth-order valence-electron chi connectivity index (χ4n) is 1.22. The van der Waals surface area contributed by atoms with Gasteiger partial charge in [0.25, 0.3) is 5.56 Å². The van der Waals surface area contributed by atoms with Gasteiger partial charge in [-0.15, -0.1) is 23.7 Å². The second kappa shape index (κ2) is 3.64. The second-order valence-electron chi connectivity index (χ2n) is 2.83.